The Hall–Kier alpha value is -2.11. The maximum absolute atomic E-state index is 5.81. The molecule has 0 fully saturated rings. The standard InChI is InChI=1S/C16H20N4O/c17-16-10-11(5-7-19-16)9-14(20-18)12-6-8-21-15-4-2-1-3-13(12)15/h1-5,7,10,12,14,20H,6,8-9,18H2,(H2,17,19). The minimum atomic E-state index is 0.136. The lowest BCUT2D eigenvalue weighted by Crippen LogP contribution is -2.42. The lowest BCUT2D eigenvalue weighted by molar-refractivity contribution is 0.245. The van der Waals surface area contributed by atoms with Crippen LogP contribution in [-0.4, -0.2) is 17.6 Å². The van der Waals surface area contributed by atoms with Crippen LogP contribution in [0.4, 0.5) is 5.82 Å². The van der Waals surface area contributed by atoms with Crippen molar-refractivity contribution >= 4 is 5.82 Å². The molecule has 2 unspecified atom stereocenters. The molecule has 5 heteroatoms. The highest BCUT2D eigenvalue weighted by atomic mass is 16.5. The summed E-state index contributed by atoms with van der Waals surface area (Å²) in [4.78, 5) is 4.03. The highest BCUT2D eigenvalue weighted by Gasteiger charge is 2.28. The summed E-state index contributed by atoms with van der Waals surface area (Å²) in [6, 6.07) is 12.2. The van der Waals surface area contributed by atoms with Crippen LogP contribution in [0.25, 0.3) is 0 Å². The number of nitrogens with zero attached hydrogens (tertiary/aromatic N) is 1. The number of nitrogens with one attached hydrogen (secondary N) is 1. The Labute approximate surface area is 124 Å². The monoisotopic (exact) mass is 284 g/mol. The van der Waals surface area contributed by atoms with Gasteiger partial charge in [0.25, 0.3) is 0 Å². The summed E-state index contributed by atoms with van der Waals surface area (Å²) in [7, 11) is 0. The van der Waals surface area contributed by atoms with E-state index in [0.717, 1.165) is 30.8 Å². The first-order chi connectivity index (χ1) is 10.3. The van der Waals surface area contributed by atoms with E-state index in [1.165, 1.54) is 5.56 Å². The Kier molecular flexibility index (Phi) is 4.03. The van der Waals surface area contributed by atoms with Gasteiger partial charge in [0.05, 0.1) is 6.61 Å². The van der Waals surface area contributed by atoms with E-state index in [4.69, 9.17) is 16.3 Å². The normalized spacial score (nSPS) is 18.6. The highest BCUT2D eigenvalue weighted by molar-refractivity contribution is 5.39. The summed E-state index contributed by atoms with van der Waals surface area (Å²) >= 11 is 0. The topological polar surface area (TPSA) is 86.2 Å². The molecule has 1 aliphatic heterocycles. The summed E-state index contributed by atoms with van der Waals surface area (Å²) in [6.07, 6.45) is 3.49. The largest absolute Gasteiger partial charge is 0.493 e. The van der Waals surface area contributed by atoms with Gasteiger partial charge in [-0.3, -0.25) is 11.3 Å². The zero-order valence-corrected chi connectivity index (χ0v) is 11.8. The number of aromatic nitrogens is 1. The van der Waals surface area contributed by atoms with Gasteiger partial charge in [-0.15, -0.1) is 0 Å². The Morgan fingerprint density at radius 3 is 3.00 bits per heavy atom. The van der Waals surface area contributed by atoms with Crippen LogP contribution in [0.5, 0.6) is 5.75 Å². The lowest BCUT2D eigenvalue weighted by Gasteiger charge is -2.32. The molecule has 2 heterocycles. The molecule has 0 radical (unpaired) electrons. The Balaban J connectivity index is 1.84. The molecule has 0 spiro atoms. The lowest BCUT2D eigenvalue weighted by atomic mass is 9.84. The van der Waals surface area contributed by atoms with Crippen molar-refractivity contribution < 1.29 is 4.74 Å². The molecule has 3 rings (SSSR count). The number of pyridine rings is 1. The van der Waals surface area contributed by atoms with Crippen molar-refractivity contribution in [2.45, 2.75) is 24.8 Å². The van der Waals surface area contributed by atoms with E-state index in [1.54, 1.807) is 6.20 Å². The molecule has 5 N–H and O–H groups in total. The number of nitrogens with two attached hydrogens (primary N) is 2. The zero-order chi connectivity index (χ0) is 14.7. The summed E-state index contributed by atoms with van der Waals surface area (Å²) in [5.41, 5.74) is 11.1. The third-order valence-corrected chi connectivity index (χ3v) is 4.01. The summed E-state index contributed by atoms with van der Waals surface area (Å²) in [5.74, 6) is 7.64. The first kappa shape index (κ1) is 13.9. The minimum Gasteiger partial charge on any atom is -0.493 e. The van der Waals surface area contributed by atoms with Crippen molar-refractivity contribution in [1.82, 2.24) is 10.4 Å². The van der Waals surface area contributed by atoms with Crippen LogP contribution >= 0.6 is 0 Å². The number of benzene rings is 1. The van der Waals surface area contributed by atoms with Crippen LogP contribution in [0.1, 0.15) is 23.5 Å². The van der Waals surface area contributed by atoms with Gasteiger partial charge < -0.3 is 10.5 Å². The minimum absolute atomic E-state index is 0.136. The zero-order valence-electron chi connectivity index (χ0n) is 11.8. The number of rotatable bonds is 4. The third kappa shape index (κ3) is 2.99. The van der Waals surface area contributed by atoms with Crippen LogP contribution in [0, 0.1) is 0 Å². The summed E-state index contributed by atoms with van der Waals surface area (Å²) < 4.78 is 5.72. The van der Waals surface area contributed by atoms with Crippen molar-refractivity contribution in [3.05, 3.63) is 53.7 Å². The summed E-state index contributed by atoms with van der Waals surface area (Å²) in [6.45, 7) is 0.721. The third-order valence-electron chi connectivity index (χ3n) is 4.01. The van der Waals surface area contributed by atoms with E-state index in [2.05, 4.69) is 16.5 Å². The van der Waals surface area contributed by atoms with Crippen molar-refractivity contribution in [2.24, 2.45) is 5.84 Å². The van der Waals surface area contributed by atoms with Gasteiger partial charge in [0, 0.05) is 18.2 Å². The van der Waals surface area contributed by atoms with Gasteiger partial charge >= 0.3 is 0 Å². The van der Waals surface area contributed by atoms with Gasteiger partial charge in [0.15, 0.2) is 0 Å². The molecule has 1 aromatic carbocycles. The van der Waals surface area contributed by atoms with E-state index in [-0.39, 0.29) is 6.04 Å². The number of anilines is 1. The molecule has 2 atom stereocenters. The van der Waals surface area contributed by atoms with E-state index in [9.17, 15) is 0 Å². The van der Waals surface area contributed by atoms with E-state index < -0.39 is 0 Å². The smallest absolute Gasteiger partial charge is 0.123 e. The SMILES string of the molecule is NNC(Cc1ccnc(N)c1)C1CCOc2ccccc21. The maximum Gasteiger partial charge on any atom is 0.123 e. The van der Waals surface area contributed by atoms with Crippen LogP contribution < -0.4 is 21.7 Å². The second-order valence-electron chi connectivity index (χ2n) is 5.35. The number of hydrogen-bond acceptors (Lipinski definition) is 5. The highest BCUT2D eigenvalue weighted by Crippen LogP contribution is 2.36. The van der Waals surface area contributed by atoms with Crippen molar-refractivity contribution in [2.75, 3.05) is 12.3 Å². The second-order valence-corrected chi connectivity index (χ2v) is 5.35. The molecular weight excluding hydrogens is 264 g/mol. The van der Waals surface area contributed by atoms with Gasteiger partial charge in [-0.05, 0) is 42.2 Å². The van der Waals surface area contributed by atoms with Gasteiger partial charge in [-0.25, -0.2) is 4.98 Å². The summed E-state index contributed by atoms with van der Waals surface area (Å²) in [5, 5.41) is 0. The Bertz CT molecular complexity index is 617. The molecular formula is C16H20N4O. The fourth-order valence-electron chi connectivity index (χ4n) is 2.98. The predicted molar refractivity (Wildman–Crippen MR) is 82.8 cm³/mol. The molecule has 5 nitrogen and oxygen atoms in total. The molecule has 0 bridgehead atoms. The molecule has 1 aliphatic rings. The first-order valence-corrected chi connectivity index (χ1v) is 7.16. The molecule has 0 amide bonds. The number of ether oxygens (including phenoxy) is 1. The average Bonchev–Trinajstić information content (AvgIpc) is 2.52. The fraction of sp³-hybridized carbons (Fsp3) is 0.312. The Morgan fingerprint density at radius 2 is 2.19 bits per heavy atom. The van der Waals surface area contributed by atoms with Crippen molar-refractivity contribution in [3.63, 3.8) is 0 Å². The molecule has 2 aromatic rings. The van der Waals surface area contributed by atoms with E-state index in [1.807, 2.05) is 30.3 Å². The quantitative estimate of drug-likeness (QED) is 0.586. The number of fused-ring (bicyclic) bond motifs is 1. The average molecular weight is 284 g/mol. The molecule has 0 saturated carbocycles. The Morgan fingerprint density at radius 1 is 1.33 bits per heavy atom. The number of hydrazine groups is 1. The predicted octanol–water partition coefficient (Wildman–Crippen LogP) is 1.60. The fourth-order valence-corrected chi connectivity index (χ4v) is 2.98. The van der Waals surface area contributed by atoms with Gasteiger partial charge in [0.1, 0.15) is 11.6 Å². The number of para-hydroxylation sites is 1. The first-order valence-electron chi connectivity index (χ1n) is 7.16. The van der Waals surface area contributed by atoms with Crippen LogP contribution in [-0.2, 0) is 6.42 Å². The molecule has 0 aliphatic carbocycles. The molecule has 1 aromatic heterocycles. The van der Waals surface area contributed by atoms with Crippen LogP contribution in [0.2, 0.25) is 0 Å². The second kappa shape index (κ2) is 6.11. The van der Waals surface area contributed by atoms with Gasteiger partial charge in [-0.2, -0.15) is 0 Å². The van der Waals surface area contributed by atoms with E-state index >= 15 is 0 Å². The van der Waals surface area contributed by atoms with E-state index in [0.29, 0.717) is 11.7 Å². The van der Waals surface area contributed by atoms with Gasteiger partial charge in [-0.1, -0.05) is 18.2 Å². The molecule has 0 saturated heterocycles. The van der Waals surface area contributed by atoms with Crippen LogP contribution in [0.15, 0.2) is 42.6 Å². The molecule has 21 heavy (non-hydrogen) atoms. The maximum atomic E-state index is 5.81. The molecule has 110 valence electrons. The number of hydrogen-bond donors (Lipinski definition) is 3. The van der Waals surface area contributed by atoms with Crippen molar-refractivity contribution in [3.8, 4) is 5.75 Å². The number of nitrogen functional groups attached to an aromatic ring is 1. The van der Waals surface area contributed by atoms with Crippen molar-refractivity contribution in [1.29, 1.82) is 0 Å². The van der Waals surface area contributed by atoms with Crippen LogP contribution in [0.3, 0.4) is 0 Å². The van der Waals surface area contributed by atoms with Gasteiger partial charge in [0.2, 0.25) is 0 Å².